The molecule has 0 bridgehead atoms. The SMILES string of the molecule is Cc1cc(C)cc(C(=O)N(Cc2ccc(C(N)=O)cc2)C2CC2)c1. The number of hydrogen-bond acceptors (Lipinski definition) is 2. The van der Waals surface area contributed by atoms with E-state index in [1.165, 1.54) is 0 Å². The molecule has 1 fully saturated rings. The fourth-order valence-electron chi connectivity index (χ4n) is 2.99. The lowest BCUT2D eigenvalue weighted by Gasteiger charge is -2.23. The minimum Gasteiger partial charge on any atom is -0.366 e. The molecule has 2 aromatic rings. The lowest BCUT2D eigenvalue weighted by Crippen LogP contribution is -2.32. The molecule has 4 heteroatoms. The van der Waals surface area contributed by atoms with E-state index in [1.54, 1.807) is 12.1 Å². The highest BCUT2D eigenvalue weighted by Crippen LogP contribution is 2.30. The first-order valence-electron chi connectivity index (χ1n) is 8.22. The Morgan fingerprint density at radius 2 is 1.58 bits per heavy atom. The first kappa shape index (κ1) is 16.2. The molecule has 0 saturated heterocycles. The molecule has 2 amide bonds. The van der Waals surface area contributed by atoms with Crippen molar-refractivity contribution in [3.05, 3.63) is 70.3 Å². The van der Waals surface area contributed by atoms with E-state index in [0.717, 1.165) is 35.1 Å². The van der Waals surface area contributed by atoms with E-state index in [2.05, 4.69) is 6.07 Å². The van der Waals surface area contributed by atoms with Crippen LogP contribution in [0.1, 0.15) is 50.2 Å². The van der Waals surface area contributed by atoms with E-state index in [-0.39, 0.29) is 5.91 Å². The van der Waals surface area contributed by atoms with E-state index in [1.807, 2.05) is 43.0 Å². The van der Waals surface area contributed by atoms with Gasteiger partial charge in [-0.15, -0.1) is 0 Å². The molecule has 1 aliphatic rings. The maximum atomic E-state index is 13.0. The molecule has 4 nitrogen and oxygen atoms in total. The van der Waals surface area contributed by atoms with Crippen molar-refractivity contribution < 1.29 is 9.59 Å². The monoisotopic (exact) mass is 322 g/mol. The number of nitrogens with two attached hydrogens (primary N) is 1. The number of rotatable bonds is 5. The summed E-state index contributed by atoms with van der Waals surface area (Å²) in [5.41, 5.74) is 9.70. The smallest absolute Gasteiger partial charge is 0.254 e. The number of aryl methyl sites for hydroxylation is 2. The normalized spacial score (nSPS) is 13.6. The molecule has 124 valence electrons. The number of carbonyl (C=O) groups excluding carboxylic acids is 2. The van der Waals surface area contributed by atoms with Crippen LogP contribution < -0.4 is 5.73 Å². The molecule has 0 spiro atoms. The van der Waals surface area contributed by atoms with Gasteiger partial charge in [0.25, 0.3) is 5.91 Å². The third-order valence-electron chi connectivity index (χ3n) is 4.31. The summed E-state index contributed by atoms with van der Waals surface area (Å²) in [6.07, 6.45) is 2.10. The minimum absolute atomic E-state index is 0.0725. The summed E-state index contributed by atoms with van der Waals surface area (Å²) in [7, 11) is 0. The third kappa shape index (κ3) is 3.65. The van der Waals surface area contributed by atoms with Crippen LogP contribution in [0.5, 0.6) is 0 Å². The molecule has 0 aliphatic heterocycles. The summed E-state index contributed by atoms with van der Waals surface area (Å²) in [6, 6.07) is 13.4. The van der Waals surface area contributed by atoms with E-state index in [9.17, 15) is 9.59 Å². The predicted octanol–water partition coefficient (Wildman–Crippen LogP) is 3.21. The Morgan fingerprint density at radius 3 is 2.08 bits per heavy atom. The topological polar surface area (TPSA) is 63.4 Å². The first-order chi connectivity index (χ1) is 11.4. The quantitative estimate of drug-likeness (QED) is 0.918. The first-order valence-corrected chi connectivity index (χ1v) is 8.22. The van der Waals surface area contributed by atoms with Gasteiger partial charge in [-0.3, -0.25) is 9.59 Å². The van der Waals surface area contributed by atoms with Crippen LogP contribution >= 0.6 is 0 Å². The lowest BCUT2D eigenvalue weighted by molar-refractivity contribution is 0.0729. The van der Waals surface area contributed by atoms with Crippen molar-refractivity contribution in [2.75, 3.05) is 0 Å². The second-order valence-electron chi connectivity index (χ2n) is 6.60. The summed E-state index contributed by atoms with van der Waals surface area (Å²) in [5, 5.41) is 0. The van der Waals surface area contributed by atoms with Gasteiger partial charge in [0.2, 0.25) is 5.91 Å². The van der Waals surface area contributed by atoms with Crippen LogP contribution in [-0.4, -0.2) is 22.8 Å². The second kappa shape index (κ2) is 6.48. The summed E-state index contributed by atoms with van der Waals surface area (Å²) in [5.74, 6) is -0.366. The zero-order chi connectivity index (χ0) is 17.3. The number of nitrogens with zero attached hydrogens (tertiary/aromatic N) is 1. The summed E-state index contributed by atoms with van der Waals surface area (Å²) in [6.45, 7) is 4.57. The van der Waals surface area contributed by atoms with Crippen LogP contribution in [0.4, 0.5) is 0 Å². The van der Waals surface area contributed by atoms with Crippen molar-refractivity contribution in [1.29, 1.82) is 0 Å². The number of hydrogen-bond donors (Lipinski definition) is 1. The molecule has 0 heterocycles. The zero-order valence-electron chi connectivity index (χ0n) is 14.1. The molecule has 3 rings (SSSR count). The fraction of sp³-hybridized carbons (Fsp3) is 0.300. The van der Waals surface area contributed by atoms with E-state index in [0.29, 0.717) is 18.2 Å². The van der Waals surface area contributed by atoms with Crippen LogP contribution in [0.2, 0.25) is 0 Å². The maximum Gasteiger partial charge on any atom is 0.254 e. The van der Waals surface area contributed by atoms with Crippen molar-refractivity contribution in [3.8, 4) is 0 Å². The van der Waals surface area contributed by atoms with Crippen molar-refractivity contribution >= 4 is 11.8 Å². The van der Waals surface area contributed by atoms with Gasteiger partial charge >= 0.3 is 0 Å². The zero-order valence-corrected chi connectivity index (χ0v) is 14.1. The predicted molar refractivity (Wildman–Crippen MR) is 93.8 cm³/mol. The van der Waals surface area contributed by atoms with Crippen molar-refractivity contribution in [2.45, 2.75) is 39.3 Å². The van der Waals surface area contributed by atoms with Gasteiger partial charge in [0, 0.05) is 23.7 Å². The molecule has 24 heavy (non-hydrogen) atoms. The van der Waals surface area contributed by atoms with Gasteiger partial charge in [0.15, 0.2) is 0 Å². The average Bonchev–Trinajstić information content (AvgIpc) is 3.36. The van der Waals surface area contributed by atoms with Gasteiger partial charge in [-0.05, 0) is 56.5 Å². The van der Waals surface area contributed by atoms with Crippen molar-refractivity contribution in [3.63, 3.8) is 0 Å². The van der Waals surface area contributed by atoms with Crippen LogP contribution in [0.15, 0.2) is 42.5 Å². The molecular formula is C20H22N2O2. The van der Waals surface area contributed by atoms with Crippen LogP contribution in [0.25, 0.3) is 0 Å². The molecule has 0 unspecified atom stereocenters. The summed E-state index contributed by atoms with van der Waals surface area (Å²) >= 11 is 0. The number of primary amides is 1. The largest absolute Gasteiger partial charge is 0.366 e. The molecule has 2 aromatic carbocycles. The van der Waals surface area contributed by atoms with Gasteiger partial charge in [-0.2, -0.15) is 0 Å². The Bertz CT molecular complexity index is 756. The standard InChI is InChI=1S/C20H22N2O2/c1-13-9-14(2)11-17(10-13)20(24)22(18-7-8-18)12-15-3-5-16(6-4-15)19(21)23/h3-6,9-11,18H,7-8,12H2,1-2H3,(H2,21,23). The van der Waals surface area contributed by atoms with Gasteiger partial charge in [-0.1, -0.05) is 29.3 Å². The number of amides is 2. The van der Waals surface area contributed by atoms with Gasteiger partial charge in [0.1, 0.15) is 0 Å². The Hall–Kier alpha value is -2.62. The molecule has 0 aromatic heterocycles. The molecule has 0 atom stereocenters. The Labute approximate surface area is 142 Å². The lowest BCUT2D eigenvalue weighted by atomic mass is 10.1. The van der Waals surface area contributed by atoms with Crippen LogP contribution in [0, 0.1) is 13.8 Å². The van der Waals surface area contributed by atoms with Crippen molar-refractivity contribution in [2.24, 2.45) is 5.73 Å². The minimum atomic E-state index is -0.438. The summed E-state index contributed by atoms with van der Waals surface area (Å²) in [4.78, 5) is 26.1. The Balaban J connectivity index is 1.82. The Kier molecular flexibility index (Phi) is 4.38. The highest BCUT2D eigenvalue weighted by atomic mass is 16.2. The van der Waals surface area contributed by atoms with E-state index >= 15 is 0 Å². The number of carbonyl (C=O) groups is 2. The fourth-order valence-corrected chi connectivity index (χ4v) is 2.99. The Morgan fingerprint density at radius 1 is 1.00 bits per heavy atom. The second-order valence-corrected chi connectivity index (χ2v) is 6.60. The molecule has 2 N–H and O–H groups in total. The van der Waals surface area contributed by atoms with E-state index < -0.39 is 5.91 Å². The third-order valence-corrected chi connectivity index (χ3v) is 4.31. The molecular weight excluding hydrogens is 300 g/mol. The van der Waals surface area contributed by atoms with Gasteiger partial charge in [-0.25, -0.2) is 0 Å². The van der Waals surface area contributed by atoms with Crippen LogP contribution in [0.3, 0.4) is 0 Å². The van der Waals surface area contributed by atoms with Gasteiger partial charge in [0.05, 0.1) is 0 Å². The maximum absolute atomic E-state index is 13.0. The van der Waals surface area contributed by atoms with Crippen LogP contribution in [-0.2, 0) is 6.54 Å². The van der Waals surface area contributed by atoms with E-state index in [4.69, 9.17) is 5.73 Å². The highest BCUT2D eigenvalue weighted by molar-refractivity contribution is 5.95. The number of benzene rings is 2. The summed E-state index contributed by atoms with van der Waals surface area (Å²) < 4.78 is 0. The molecule has 0 radical (unpaired) electrons. The average molecular weight is 322 g/mol. The highest BCUT2D eigenvalue weighted by Gasteiger charge is 2.33. The molecule has 1 saturated carbocycles. The molecule has 1 aliphatic carbocycles. The van der Waals surface area contributed by atoms with Gasteiger partial charge < -0.3 is 10.6 Å². The van der Waals surface area contributed by atoms with Crippen molar-refractivity contribution in [1.82, 2.24) is 4.90 Å².